The van der Waals surface area contributed by atoms with Crippen LogP contribution in [-0.4, -0.2) is 45.9 Å². The molecule has 1 amide bonds. The summed E-state index contributed by atoms with van der Waals surface area (Å²) in [6.45, 7) is 0. The average Bonchev–Trinajstić information content (AvgIpc) is 2.50. The Morgan fingerprint density at radius 2 is 1.93 bits per heavy atom. The fourth-order valence-electron chi connectivity index (χ4n) is 1.58. The van der Waals surface area contributed by atoms with Gasteiger partial charge in [0.15, 0.2) is 11.5 Å². The highest BCUT2D eigenvalue weighted by molar-refractivity contribution is 6.29. The number of aliphatic hydroxyl groups is 1. The number of imidazole rings is 1. The van der Waals surface area contributed by atoms with Gasteiger partial charge in [0.05, 0.1) is 0 Å². The normalized spacial score (nSPS) is 20.9. The molecule has 0 bridgehead atoms. The standard InChI is InChI=1S/C8H11ClN4O2/c1-11-4-5(10-7(11)9)12(2)8(15)13(3)6(4)14/h8,15H,1-3H3. The Bertz CT molecular complexity index is 431. The number of hydrogen-bond acceptors (Lipinski definition) is 4. The molecule has 0 saturated heterocycles. The Morgan fingerprint density at radius 3 is 2.53 bits per heavy atom. The number of carbonyl (C=O) groups is 1. The van der Waals surface area contributed by atoms with Crippen molar-refractivity contribution in [2.45, 2.75) is 6.35 Å². The van der Waals surface area contributed by atoms with Crippen LogP contribution in [0, 0.1) is 0 Å². The molecular formula is C8H11ClN4O2. The van der Waals surface area contributed by atoms with Crippen molar-refractivity contribution in [3.8, 4) is 0 Å². The smallest absolute Gasteiger partial charge is 0.277 e. The van der Waals surface area contributed by atoms with Gasteiger partial charge in [-0.3, -0.25) is 9.69 Å². The molecule has 6 nitrogen and oxygen atoms in total. The molecule has 1 unspecified atom stereocenters. The van der Waals surface area contributed by atoms with Crippen molar-refractivity contribution in [3.05, 3.63) is 11.0 Å². The lowest BCUT2D eigenvalue weighted by Crippen LogP contribution is -2.52. The van der Waals surface area contributed by atoms with E-state index in [2.05, 4.69) is 4.98 Å². The fourth-order valence-corrected chi connectivity index (χ4v) is 1.75. The number of carbonyl (C=O) groups excluding carboxylic acids is 1. The summed E-state index contributed by atoms with van der Waals surface area (Å²) in [5.41, 5.74) is 0.385. The highest BCUT2D eigenvalue weighted by atomic mass is 35.5. The number of fused-ring (bicyclic) bond motifs is 1. The number of aliphatic hydroxyl groups excluding tert-OH is 1. The van der Waals surface area contributed by atoms with E-state index in [4.69, 9.17) is 11.6 Å². The predicted molar refractivity (Wildman–Crippen MR) is 54.7 cm³/mol. The summed E-state index contributed by atoms with van der Waals surface area (Å²) in [6.07, 6.45) is -1.00. The Kier molecular flexibility index (Phi) is 2.13. The van der Waals surface area contributed by atoms with Crippen LogP contribution < -0.4 is 4.90 Å². The molecule has 82 valence electrons. The zero-order chi connectivity index (χ0) is 11.3. The van der Waals surface area contributed by atoms with Crippen LogP contribution in [0.2, 0.25) is 5.28 Å². The van der Waals surface area contributed by atoms with E-state index in [1.165, 1.54) is 21.4 Å². The van der Waals surface area contributed by atoms with Crippen molar-refractivity contribution < 1.29 is 9.90 Å². The van der Waals surface area contributed by atoms with Gasteiger partial charge in [-0.05, 0) is 11.6 Å². The van der Waals surface area contributed by atoms with Crippen molar-refractivity contribution in [3.63, 3.8) is 0 Å². The molecule has 2 rings (SSSR count). The zero-order valence-electron chi connectivity index (χ0n) is 8.60. The largest absolute Gasteiger partial charge is 0.356 e. The van der Waals surface area contributed by atoms with Crippen molar-refractivity contribution in [2.75, 3.05) is 19.0 Å². The molecule has 0 radical (unpaired) electrons. The van der Waals surface area contributed by atoms with E-state index in [0.717, 1.165) is 0 Å². The first-order valence-electron chi connectivity index (χ1n) is 4.35. The quantitative estimate of drug-likeness (QED) is 0.675. The number of amides is 1. The molecule has 15 heavy (non-hydrogen) atoms. The minimum absolute atomic E-state index is 0.225. The Hall–Kier alpha value is -1.27. The number of nitrogens with zero attached hydrogens (tertiary/aromatic N) is 4. The number of anilines is 1. The second-order valence-electron chi connectivity index (χ2n) is 3.49. The van der Waals surface area contributed by atoms with Crippen LogP contribution in [0.15, 0.2) is 0 Å². The third-order valence-corrected chi connectivity index (χ3v) is 2.91. The van der Waals surface area contributed by atoms with Crippen molar-refractivity contribution in [1.29, 1.82) is 0 Å². The zero-order valence-corrected chi connectivity index (χ0v) is 9.36. The highest BCUT2D eigenvalue weighted by Gasteiger charge is 2.36. The van der Waals surface area contributed by atoms with Crippen LogP contribution in [0.4, 0.5) is 5.82 Å². The van der Waals surface area contributed by atoms with Gasteiger partial charge in [-0.25, -0.2) is 0 Å². The molecule has 1 N–H and O–H groups in total. The molecule has 0 spiro atoms. The lowest BCUT2D eigenvalue weighted by atomic mass is 10.3. The van der Waals surface area contributed by atoms with Gasteiger partial charge < -0.3 is 14.6 Å². The van der Waals surface area contributed by atoms with E-state index in [0.29, 0.717) is 11.5 Å². The van der Waals surface area contributed by atoms with Crippen LogP contribution in [0.1, 0.15) is 10.5 Å². The maximum atomic E-state index is 11.8. The van der Waals surface area contributed by atoms with Crippen LogP contribution in [0.5, 0.6) is 0 Å². The Labute approximate surface area is 91.7 Å². The highest BCUT2D eigenvalue weighted by Crippen LogP contribution is 2.29. The summed E-state index contributed by atoms with van der Waals surface area (Å²) in [7, 11) is 4.83. The van der Waals surface area contributed by atoms with E-state index < -0.39 is 6.35 Å². The van der Waals surface area contributed by atoms with Crippen LogP contribution in [0.25, 0.3) is 0 Å². The van der Waals surface area contributed by atoms with Crippen LogP contribution >= 0.6 is 11.6 Å². The Balaban J connectivity index is 2.64. The fraction of sp³-hybridized carbons (Fsp3) is 0.500. The summed E-state index contributed by atoms with van der Waals surface area (Å²) < 4.78 is 1.50. The van der Waals surface area contributed by atoms with Gasteiger partial charge in [-0.1, -0.05) is 0 Å². The molecule has 1 aromatic heterocycles. The van der Waals surface area contributed by atoms with E-state index in [9.17, 15) is 9.90 Å². The first-order valence-corrected chi connectivity index (χ1v) is 4.73. The van der Waals surface area contributed by atoms with Crippen molar-refractivity contribution in [1.82, 2.24) is 14.5 Å². The number of halogens is 1. The van der Waals surface area contributed by atoms with Crippen molar-refractivity contribution >= 4 is 23.3 Å². The second-order valence-corrected chi connectivity index (χ2v) is 3.82. The van der Waals surface area contributed by atoms with Crippen LogP contribution in [-0.2, 0) is 7.05 Å². The maximum absolute atomic E-state index is 11.8. The summed E-state index contributed by atoms with van der Waals surface area (Å²) in [4.78, 5) is 18.6. The molecule has 0 saturated carbocycles. The molecule has 1 aliphatic rings. The summed E-state index contributed by atoms with van der Waals surface area (Å²) >= 11 is 5.82. The molecule has 0 aromatic carbocycles. The Morgan fingerprint density at radius 1 is 1.33 bits per heavy atom. The first kappa shape index (κ1) is 10.3. The van der Waals surface area contributed by atoms with Gasteiger partial charge in [0, 0.05) is 21.1 Å². The van der Waals surface area contributed by atoms with E-state index in [1.54, 1.807) is 14.1 Å². The maximum Gasteiger partial charge on any atom is 0.277 e. The van der Waals surface area contributed by atoms with Gasteiger partial charge in [-0.15, -0.1) is 0 Å². The summed E-state index contributed by atoms with van der Waals surface area (Å²) in [5, 5.41) is 9.93. The van der Waals surface area contributed by atoms with Gasteiger partial charge in [0.25, 0.3) is 5.91 Å². The van der Waals surface area contributed by atoms with Gasteiger partial charge in [0.1, 0.15) is 0 Å². The van der Waals surface area contributed by atoms with E-state index >= 15 is 0 Å². The molecule has 1 atom stereocenters. The van der Waals surface area contributed by atoms with E-state index in [1.807, 2.05) is 0 Å². The third kappa shape index (κ3) is 1.22. The van der Waals surface area contributed by atoms with Gasteiger partial charge in [0.2, 0.25) is 11.6 Å². The molecule has 1 aliphatic heterocycles. The average molecular weight is 231 g/mol. The molecule has 0 fully saturated rings. The molecule has 0 aliphatic carbocycles. The van der Waals surface area contributed by atoms with Gasteiger partial charge in [-0.2, -0.15) is 4.98 Å². The molecule has 2 heterocycles. The number of hydrogen-bond donors (Lipinski definition) is 1. The lowest BCUT2D eigenvalue weighted by molar-refractivity contribution is 0.0153. The molecule has 1 aromatic rings. The third-order valence-electron chi connectivity index (χ3n) is 2.57. The monoisotopic (exact) mass is 230 g/mol. The summed E-state index contributed by atoms with van der Waals surface area (Å²) in [5.74, 6) is 0.107. The van der Waals surface area contributed by atoms with Gasteiger partial charge >= 0.3 is 0 Å². The summed E-state index contributed by atoms with van der Waals surface area (Å²) in [6, 6.07) is 0. The topological polar surface area (TPSA) is 61.6 Å². The second kappa shape index (κ2) is 3.11. The molecular weight excluding hydrogens is 220 g/mol. The number of rotatable bonds is 0. The lowest BCUT2D eigenvalue weighted by Gasteiger charge is -2.35. The number of aromatic nitrogens is 2. The van der Waals surface area contributed by atoms with E-state index in [-0.39, 0.29) is 11.2 Å². The predicted octanol–water partition coefficient (Wildman–Crippen LogP) is -0.129. The van der Waals surface area contributed by atoms with Crippen molar-refractivity contribution in [2.24, 2.45) is 7.05 Å². The first-order chi connectivity index (χ1) is 6.95. The minimum Gasteiger partial charge on any atom is -0.356 e. The minimum atomic E-state index is -1.00. The molecule has 7 heteroatoms. The SMILES string of the molecule is CN1C(=O)c2c(nc(Cl)n2C)N(C)C1O. The van der Waals surface area contributed by atoms with Crippen LogP contribution in [0.3, 0.4) is 0 Å².